The Labute approximate surface area is 109 Å². The lowest BCUT2D eigenvalue weighted by molar-refractivity contribution is -0.164. The molecule has 1 fully saturated rings. The lowest BCUT2D eigenvalue weighted by Gasteiger charge is -2.37. The van der Waals surface area contributed by atoms with Gasteiger partial charge in [0.1, 0.15) is 0 Å². The van der Waals surface area contributed by atoms with E-state index in [-0.39, 0.29) is 6.61 Å². The summed E-state index contributed by atoms with van der Waals surface area (Å²) in [6.07, 6.45) is 4.45. The van der Waals surface area contributed by atoms with Crippen LogP contribution >= 0.6 is 0 Å². The Balaban J connectivity index is 2.41. The highest BCUT2D eigenvalue weighted by atomic mass is 16.6. The molecule has 18 heavy (non-hydrogen) atoms. The first-order chi connectivity index (χ1) is 8.41. The minimum Gasteiger partial charge on any atom is -0.473 e. The van der Waals surface area contributed by atoms with Crippen molar-refractivity contribution in [3.8, 4) is 0 Å². The van der Waals surface area contributed by atoms with Gasteiger partial charge in [-0.25, -0.2) is 9.59 Å². The first-order valence-corrected chi connectivity index (χ1v) is 6.81. The zero-order chi connectivity index (χ0) is 13.7. The molecule has 0 aliphatic heterocycles. The van der Waals surface area contributed by atoms with E-state index in [4.69, 9.17) is 9.84 Å². The highest BCUT2D eigenvalue weighted by molar-refractivity contribution is 6.28. The Morgan fingerprint density at radius 2 is 2.00 bits per heavy atom. The van der Waals surface area contributed by atoms with E-state index in [1.165, 1.54) is 12.8 Å². The number of rotatable bonds is 4. The molecule has 3 unspecified atom stereocenters. The second kappa shape index (κ2) is 6.76. The molecular formula is C14H24O4. The SMILES string of the molecule is CC1CCC(C(C)C)C(CCOC(=O)C(=O)O)C1. The zero-order valence-corrected chi connectivity index (χ0v) is 11.5. The third kappa shape index (κ3) is 4.31. The van der Waals surface area contributed by atoms with Gasteiger partial charge in [0.25, 0.3) is 0 Å². The number of hydrogen-bond donors (Lipinski definition) is 1. The first kappa shape index (κ1) is 15.0. The van der Waals surface area contributed by atoms with Crippen LogP contribution in [0.15, 0.2) is 0 Å². The summed E-state index contributed by atoms with van der Waals surface area (Å²) in [4.78, 5) is 21.2. The van der Waals surface area contributed by atoms with E-state index < -0.39 is 11.9 Å². The van der Waals surface area contributed by atoms with E-state index in [9.17, 15) is 9.59 Å². The number of aliphatic carboxylic acids is 1. The summed E-state index contributed by atoms with van der Waals surface area (Å²) in [6.45, 7) is 6.95. The second-order valence-electron chi connectivity index (χ2n) is 5.82. The van der Waals surface area contributed by atoms with Gasteiger partial charge in [-0.05, 0) is 42.9 Å². The molecule has 4 heteroatoms. The summed E-state index contributed by atoms with van der Waals surface area (Å²) in [7, 11) is 0. The number of hydrogen-bond acceptors (Lipinski definition) is 3. The maximum absolute atomic E-state index is 10.8. The van der Waals surface area contributed by atoms with Gasteiger partial charge >= 0.3 is 11.9 Å². The van der Waals surface area contributed by atoms with Gasteiger partial charge in [0, 0.05) is 0 Å². The molecular weight excluding hydrogens is 232 g/mol. The van der Waals surface area contributed by atoms with Gasteiger partial charge in [-0.3, -0.25) is 0 Å². The average molecular weight is 256 g/mol. The molecule has 1 aliphatic rings. The molecule has 0 spiro atoms. The van der Waals surface area contributed by atoms with Crippen molar-refractivity contribution in [3.63, 3.8) is 0 Å². The predicted molar refractivity (Wildman–Crippen MR) is 68.0 cm³/mol. The third-order valence-electron chi connectivity index (χ3n) is 4.06. The van der Waals surface area contributed by atoms with Crippen LogP contribution in [0.4, 0.5) is 0 Å². The molecule has 0 heterocycles. The van der Waals surface area contributed by atoms with Crippen LogP contribution in [0, 0.1) is 23.7 Å². The van der Waals surface area contributed by atoms with Gasteiger partial charge in [-0.15, -0.1) is 0 Å². The Morgan fingerprint density at radius 3 is 2.56 bits per heavy atom. The van der Waals surface area contributed by atoms with Crippen molar-refractivity contribution in [2.75, 3.05) is 6.61 Å². The average Bonchev–Trinajstić information content (AvgIpc) is 2.28. The Morgan fingerprint density at radius 1 is 1.33 bits per heavy atom. The Bertz CT molecular complexity index is 298. The highest BCUT2D eigenvalue weighted by Crippen LogP contribution is 2.39. The van der Waals surface area contributed by atoms with Crippen molar-refractivity contribution in [3.05, 3.63) is 0 Å². The van der Waals surface area contributed by atoms with Crippen LogP contribution < -0.4 is 0 Å². The smallest absolute Gasteiger partial charge is 0.417 e. The summed E-state index contributed by atoms with van der Waals surface area (Å²) in [5.74, 6) is -0.0645. The first-order valence-electron chi connectivity index (χ1n) is 6.81. The van der Waals surface area contributed by atoms with E-state index in [1.54, 1.807) is 0 Å². The van der Waals surface area contributed by atoms with Gasteiger partial charge < -0.3 is 9.84 Å². The van der Waals surface area contributed by atoms with Crippen molar-refractivity contribution < 1.29 is 19.4 Å². The molecule has 4 nitrogen and oxygen atoms in total. The molecule has 0 bridgehead atoms. The molecule has 0 aromatic heterocycles. The molecule has 1 saturated carbocycles. The fourth-order valence-corrected chi connectivity index (χ4v) is 3.10. The van der Waals surface area contributed by atoms with Crippen LogP contribution in [0.2, 0.25) is 0 Å². The summed E-state index contributed by atoms with van der Waals surface area (Å²) in [5.41, 5.74) is 0. The van der Waals surface area contributed by atoms with Crippen LogP contribution in [-0.2, 0) is 14.3 Å². The molecule has 1 aliphatic carbocycles. The molecule has 0 amide bonds. The van der Waals surface area contributed by atoms with Gasteiger partial charge in [-0.2, -0.15) is 0 Å². The molecule has 1 N–H and O–H groups in total. The quantitative estimate of drug-likeness (QED) is 0.620. The lowest BCUT2D eigenvalue weighted by atomic mass is 9.69. The summed E-state index contributed by atoms with van der Waals surface area (Å²) in [6, 6.07) is 0. The normalized spacial score (nSPS) is 28.1. The number of carbonyl (C=O) groups is 2. The molecule has 3 atom stereocenters. The Hall–Kier alpha value is -1.06. The van der Waals surface area contributed by atoms with Gasteiger partial charge in [-0.1, -0.05) is 27.2 Å². The summed E-state index contributed by atoms with van der Waals surface area (Å²) >= 11 is 0. The largest absolute Gasteiger partial charge is 0.473 e. The van der Waals surface area contributed by atoms with E-state index in [0.29, 0.717) is 17.8 Å². The zero-order valence-electron chi connectivity index (χ0n) is 11.5. The van der Waals surface area contributed by atoms with Crippen LogP contribution in [-0.4, -0.2) is 23.7 Å². The molecule has 104 valence electrons. The second-order valence-corrected chi connectivity index (χ2v) is 5.82. The molecule has 0 aromatic carbocycles. The van der Waals surface area contributed by atoms with Crippen LogP contribution in [0.25, 0.3) is 0 Å². The van der Waals surface area contributed by atoms with Crippen molar-refractivity contribution >= 4 is 11.9 Å². The number of carboxylic acid groups (broad SMARTS) is 1. The van der Waals surface area contributed by atoms with Crippen LogP contribution in [0.5, 0.6) is 0 Å². The monoisotopic (exact) mass is 256 g/mol. The summed E-state index contributed by atoms with van der Waals surface area (Å²) < 4.78 is 4.73. The van der Waals surface area contributed by atoms with E-state index in [0.717, 1.165) is 18.8 Å². The minimum absolute atomic E-state index is 0.228. The number of ether oxygens (including phenoxy) is 1. The van der Waals surface area contributed by atoms with Crippen LogP contribution in [0.3, 0.4) is 0 Å². The number of carboxylic acids is 1. The van der Waals surface area contributed by atoms with Gasteiger partial charge in [0.2, 0.25) is 0 Å². The van der Waals surface area contributed by atoms with Crippen molar-refractivity contribution in [1.29, 1.82) is 0 Å². The van der Waals surface area contributed by atoms with Crippen LogP contribution in [0.1, 0.15) is 46.5 Å². The maximum atomic E-state index is 10.8. The van der Waals surface area contributed by atoms with Crippen molar-refractivity contribution in [2.24, 2.45) is 23.7 Å². The fourth-order valence-electron chi connectivity index (χ4n) is 3.10. The summed E-state index contributed by atoms with van der Waals surface area (Å²) in [5, 5.41) is 8.43. The predicted octanol–water partition coefficient (Wildman–Crippen LogP) is 2.71. The topological polar surface area (TPSA) is 63.6 Å². The standard InChI is InChI=1S/C14H24O4/c1-9(2)12-5-4-10(3)8-11(12)6-7-18-14(17)13(15)16/h9-12H,4-8H2,1-3H3,(H,15,16). The fraction of sp³-hybridized carbons (Fsp3) is 0.857. The van der Waals surface area contributed by atoms with Gasteiger partial charge in [0.05, 0.1) is 6.61 Å². The molecule has 0 radical (unpaired) electrons. The molecule has 0 aromatic rings. The molecule has 1 rings (SSSR count). The van der Waals surface area contributed by atoms with Crippen molar-refractivity contribution in [1.82, 2.24) is 0 Å². The number of carbonyl (C=O) groups excluding carboxylic acids is 1. The van der Waals surface area contributed by atoms with E-state index in [1.807, 2.05) is 0 Å². The number of esters is 1. The molecule has 0 saturated heterocycles. The minimum atomic E-state index is -1.51. The lowest BCUT2D eigenvalue weighted by Crippen LogP contribution is -2.29. The van der Waals surface area contributed by atoms with E-state index in [2.05, 4.69) is 20.8 Å². The Kier molecular flexibility index (Phi) is 5.63. The maximum Gasteiger partial charge on any atom is 0.417 e. The van der Waals surface area contributed by atoms with Gasteiger partial charge in [0.15, 0.2) is 0 Å². The third-order valence-corrected chi connectivity index (χ3v) is 4.06. The van der Waals surface area contributed by atoms with E-state index >= 15 is 0 Å². The highest BCUT2D eigenvalue weighted by Gasteiger charge is 2.30. The van der Waals surface area contributed by atoms with Crippen molar-refractivity contribution in [2.45, 2.75) is 46.5 Å².